The van der Waals surface area contributed by atoms with Crippen molar-refractivity contribution < 1.29 is 13.2 Å². The molecule has 1 unspecified atom stereocenters. The molecule has 2 aromatic rings. The second-order valence-electron chi connectivity index (χ2n) is 8.15. The third-order valence-electron chi connectivity index (χ3n) is 5.46. The van der Waals surface area contributed by atoms with Gasteiger partial charge in [0.25, 0.3) is 0 Å². The van der Waals surface area contributed by atoms with Crippen LogP contribution in [-0.2, 0) is 12.6 Å². The Labute approximate surface area is 185 Å². The Bertz CT molecular complexity index is 811. The van der Waals surface area contributed by atoms with E-state index in [0.29, 0.717) is 12.0 Å². The molecule has 0 amide bonds. The Balaban J connectivity index is 1.73. The molecule has 2 rings (SSSR count). The van der Waals surface area contributed by atoms with E-state index in [4.69, 9.17) is 5.73 Å². The van der Waals surface area contributed by atoms with Gasteiger partial charge in [-0.15, -0.1) is 0 Å². The second kappa shape index (κ2) is 13.2. The summed E-state index contributed by atoms with van der Waals surface area (Å²) in [4.78, 5) is 0. The third kappa shape index (κ3) is 9.61. The van der Waals surface area contributed by atoms with E-state index in [1.54, 1.807) is 0 Å². The lowest BCUT2D eigenvalue weighted by Gasteiger charge is -2.14. The zero-order valence-corrected chi connectivity index (χ0v) is 18.5. The maximum atomic E-state index is 12.7. The summed E-state index contributed by atoms with van der Waals surface area (Å²) in [5.41, 5.74) is 8.25. The molecule has 168 valence electrons. The lowest BCUT2D eigenvalue weighted by molar-refractivity contribution is -0.137. The highest BCUT2D eigenvalue weighted by Crippen LogP contribution is 2.30. The standard InChI is InChI=1S/C27H34F3N/c1-2-3-4-5-6-7-8-9-10-11-12-22-13-15-23(16-14-22)21-26(31)24-17-19-25(20-18-24)27(28,29)30/h13-20,26H,2-10,21,31H2,1H3. The maximum absolute atomic E-state index is 12.7. The van der Waals surface area contributed by atoms with Crippen LogP contribution in [0.4, 0.5) is 13.2 Å². The van der Waals surface area contributed by atoms with Gasteiger partial charge >= 0.3 is 6.18 Å². The molecule has 0 spiro atoms. The van der Waals surface area contributed by atoms with Gasteiger partial charge in [-0.2, -0.15) is 13.2 Å². The summed E-state index contributed by atoms with van der Waals surface area (Å²) in [6.07, 6.45) is 7.58. The lowest BCUT2D eigenvalue weighted by atomic mass is 9.98. The van der Waals surface area contributed by atoms with E-state index < -0.39 is 11.7 Å². The van der Waals surface area contributed by atoms with Crippen molar-refractivity contribution in [1.29, 1.82) is 0 Å². The van der Waals surface area contributed by atoms with E-state index in [2.05, 4.69) is 18.8 Å². The third-order valence-corrected chi connectivity index (χ3v) is 5.46. The highest BCUT2D eigenvalue weighted by atomic mass is 19.4. The van der Waals surface area contributed by atoms with Crippen LogP contribution in [0.1, 0.15) is 93.0 Å². The van der Waals surface area contributed by atoms with Crippen molar-refractivity contribution in [3.8, 4) is 11.8 Å². The van der Waals surface area contributed by atoms with Crippen LogP contribution in [0.15, 0.2) is 48.5 Å². The molecular weight excluding hydrogens is 395 g/mol. The Morgan fingerprint density at radius 1 is 0.806 bits per heavy atom. The number of halogens is 3. The van der Waals surface area contributed by atoms with Crippen LogP contribution in [-0.4, -0.2) is 0 Å². The zero-order chi connectivity index (χ0) is 22.5. The van der Waals surface area contributed by atoms with E-state index in [-0.39, 0.29) is 6.04 Å². The van der Waals surface area contributed by atoms with Gasteiger partial charge in [0.15, 0.2) is 0 Å². The van der Waals surface area contributed by atoms with Gasteiger partial charge in [-0.25, -0.2) is 0 Å². The van der Waals surface area contributed by atoms with Crippen LogP contribution in [0.5, 0.6) is 0 Å². The molecule has 2 N–H and O–H groups in total. The smallest absolute Gasteiger partial charge is 0.324 e. The minimum atomic E-state index is -4.33. The van der Waals surface area contributed by atoms with Crippen molar-refractivity contribution in [2.75, 3.05) is 0 Å². The van der Waals surface area contributed by atoms with Gasteiger partial charge in [-0.05, 0) is 48.2 Å². The largest absolute Gasteiger partial charge is 0.416 e. The van der Waals surface area contributed by atoms with Gasteiger partial charge in [0.05, 0.1) is 5.56 Å². The molecule has 2 aromatic carbocycles. The monoisotopic (exact) mass is 429 g/mol. The molecular formula is C27H34F3N. The SMILES string of the molecule is CCCCCCCCCCC#Cc1ccc(CC(N)c2ccc(C(F)(F)F)cc2)cc1. The van der Waals surface area contributed by atoms with Crippen LogP contribution in [0.3, 0.4) is 0 Å². The van der Waals surface area contributed by atoms with Crippen molar-refractivity contribution in [3.63, 3.8) is 0 Å². The summed E-state index contributed by atoms with van der Waals surface area (Å²) >= 11 is 0. The first kappa shape index (κ1) is 25.0. The van der Waals surface area contributed by atoms with E-state index in [1.807, 2.05) is 24.3 Å². The average molecular weight is 430 g/mol. The molecule has 4 heteroatoms. The van der Waals surface area contributed by atoms with Gasteiger partial charge < -0.3 is 5.73 Å². The molecule has 0 heterocycles. The van der Waals surface area contributed by atoms with E-state index in [1.165, 1.54) is 57.1 Å². The van der Waals surface area contributed by atoms with Crippen LogP contribution in [0.25, 0.3) is 0 Å². The zero-order valence-electron chi connectivity index (χ0n) is 18.5. The fourth-order valence-corrected chi connectivity index (χ4v) is 3.53. The Morgan fingerprint density at radius 2 is 1.39 bits per heavy atom. The van der Waals surface area contributed by atoms with Gasteiger partial charge in [-0.3, -0.25) is 0 Å². The van der Waals surface area contributed by atoms with E-state index in [9.17, 15) is 13.2 Å². The fourth-order valence-electron chi connectivity index (χ4n) is 3.53. The number of alkyl halides is 3. The fraction of sp³-hybridized carbons (Fsp3) is 0.481. The summed E-state index contributed by atoms with van der Waals surface area (Å²) in [6.45, 7) is 2.24. The molecule has 0 fully saturated rings. The highest BCUT2D eigenvalue weighted by Gasteiger charge is 2.30. The Hall–Kier alpha value is -2.25. The molecule has 0 aliphatic rings. The van der Waals surface area contributed by atoms with Crippen LogP contribution in [0.2, 0.25) is 0 Å². The van der Waals surface area contributed by atoms with Crippen molar-refractivity contribution >= 4 is 0 Å². The number of hydrogen-bond donors (Lipinski definition) is 1. The number of benzene rings is 2. The van der Waals surface area contributed by atoms with Gasteiger partial charge in [-0.1, -0.05) is 88.0 Å². The summed E-state index contributed by atoms with van der Waals surface area (Å²) in [5, 5.41) is 0. The summed E-state index contributed by atoms with van der Waals surface area (Å²) in [5.74, 6) is 6.46. The number of hydrogen-bond acceptors (Lipinski definition) is 1. The first-order chi connectivity index (χ1) is 14.9. The second-order valence-corrected chi connectivity index (χ2v) is 8.15. The van der Waals surface area contributed by atoms with E-state index >= 15 is 0 Å². The predicted octanol–water partition coefficient (Wildman–Crippen LogP) is 7.83. The first-order valence-corrected chi connectivity index (χ1v) is 11.4. The average Bonchev–Trinajstić information content (AvgIpc) is 2.75. The van der Waals surface area contributed by atoms with Crippen molar-refractivity contribution in [3.05, 3.63) is 70.8 Å². The summed E-state index contributed by atoms with van der Waals surface area (Å²) in [7, 11) is 0. The highest BCUT2D eigenvalue weighted by molar-refractivity contribution is 5.37. The predicted molar refractivity (Wildman–Crippen MR) is 123 cm³/mol. The normalized spacial score (nSPS) is 12.3. The van der Waals surface area contributed by atoms with Gasteiger partial charge in [0.2, 0.25) is 0 Å². The molecule has 0 aromatic heterocycles. The van der Waals surface area contributed by atoms with Crippen molar-refractivity contribution in [1.82, 2.24) is 0 Å². The number of nitrogens with two attached hydrogens (primary N) is 1. The molecule has 1 atom stereocenters. The summed E-state index contributed by atoms with van der Waals surface area (Å²) < 4.78 is 38.0. The van der Waals surface area contributed by atoms with Gasteiger partial charge in [0, 0.05) is 18.0 Å². The molecule has 0 saturated heterocycles. The molecule has 0 saturated carbocycles. The minimum Gasteiger partial charge on any atom is -0.324 e. The lowest BCUT2D eigenvalue weighted by Crippen LogP contribution is -2.14. The molecule has 1 nitrogen and oxygen atoms in total. The van der Waals surface area contributed by atoms with Crippen LogP contribution < -0.4 is 5.73 Å². The quantitative estimate of drug-likeness (QED) is 0.286. The topological polar surface area (TPSA) is 26.0 Å². The number of rotatable bonds is 11. The molecule has 0 aliphatic heterocycles. The Kier molecular flexibility index (Phi) is 10.7. The first-order valence-electron chi connectivity index (χ1n) is 11.4. The minimum absolute atomic E-state index is 0.346. The Morgan fingerprint density at radius 3 is 1.97 bits per heavy atom. The molecule has 0 aliphatic carbocycles. The molecule has 0 radical (unpaired) electrons. The molecule has 0 bridgehead atoms. The maximum Gasteiger partial charge on any atom is 0.416 e. The van der Waals surface area contributed by atoms with Crippen LogP contribution >= 0.6 is 0 Å². The summed E-state index contributed by atoms with van der Waals surface area (Å²) in [6, 6.07) is 12.7. The van der Waals surface area contributed by atoms with E-state index in [0.717, 1.165) is 36.1 Å². The molecule has 31 heavy (non-hydrogen) atoms. The van der Waals surface area contributed by atoms with Crippen LogP contribution in [0, 0.1) is 11.8 Å². The van der Waals surface area contributed by atoms with Crippen molar-refractivity contribution in [2.45, 2.75) is 83.4 Å². The number of unbranched alkanes of at least 4 members (excludes halogenated alkanes) is 8. The van der Waals surface area contributed by atoms with Crippen molar-refractivity contribution in [2.24, 2.45) is 5.73 Å². The van der Waals surface area contributed by atoms with Gasteiger partial charge in [0.1, 0.15) is 0 Å².